The molecule has 0 spiro atoms. The Balaban J connectivity index is 0.000000221. The number of fused-ring (bicyclic) bond motifs is 2. The van der Waals surface area contributed by atoms with Gasteiger partial charge in [-0.2, -0.15) is 0 Å². The average molecular weight is 1100 g/mol. The van der Waals surface area contributed by atoms with Crippen LogP contribution < -0.4 is 10.6 Å². The number of amides is 2. The highest BCUT2D eigenvalue weighted by Crippen LogP contribution is 2.46. The molecule has 0 saturated carbocycles. The molecule has 392 valence electrons. The number of halogens is 4. The molecule has 8 rings (SSSR count). The first-order chi connectivity index (χ1) is 36.6. The summed E-state index contributed by atoms with van der Waals surface area (Å²) in [6.07, 6.45) is 7.25. The molecular weight excluding hydrogens is 1040 g/mol. The van der Waals surface area contributed by atoms with Crippen LogP contribution in [-0.4, -0.2) is 57.0 Å². The van der Waals surface area contributed by atoms with E-state index in [0.29, 0.717) is 31.2 Å². The zero-order valence-electron chi connectivity index (χ0n) is 42.8. The van der Waals surface area contributed by atoms with Crippen molar-refractivity contribution < 1.29 is 29.4 Å². The van der Waals surface area contributed by atoms with Gasteiger partial charge in [-0.1, -0.05) is 122 Å². The van der Waals surface area contributed by atoms with E-state index in [0.717, 1.165) is 92.0 Å². The van der Waals surface area contributed by atoms with E-state index in [1.165, 1.54) is 0 Å². The molecule has 2 heterocycles. The van der Waals surface area contributed by atoms with Crippen LogP contribution in [0.2, 0.25) is 20.1 Å². The molecule has 0 unspecified atom stereocenters. The molecule has 0 aliphatic heterocycles. The Labute approximate surface area is 463 Å². The molecule has 0 bridgehead atoms. The molecule has 0 aliphatic rings. The summed E-state index contributed by atoms with van der Waals surface area (Å²) < 4.78 is 0. The number of hydrogen-bond donors (Lipinski definition) is 4. The van der Waals surface area contributed by atoms with Crippen LogP contribution in [-0.2, 0) is 9.59 Å². The van der Waals surface area contributed by atoms with Gasteiger partial charge < -0.3 is 20.8 Å². The van der Waals surface area contributed by atoms with Crippen molar-refractivity contribution in [3.8, 4) is 0 Å². The van der Waals surface area contributed by atoms with E-state index in [9.17, 15) is 19.2 Å². The third kappa shape index (κ3) is 14.4. The van der Waals surface area contributed by atoms with Crippen molar-refractivity contribution in [3.63, 3.8) is 0 Å². The number of hydrogen-bond acceptors (Lipinski definition) is 6. The second-order valence-corrected chi connectivity index (χ2v) is 20.7. The van der Waals surface area contributed by atoms with Gasteiger partial charge in [0, 0.05) is 79.3 Å². The minimum absolute atomic E-state index is 0.00849. The maximum atomic E-state index is 12.5. The minimum atomic E-state index is -0.948. The number of pyridine rings is 2. The van der Waals surface area contributed by atoms with E-state index in [1.54, 1.807) is 24.3 Å². The number of nitrogens with one attached hydrogen (secondary N) is 2. The highest BCUT2D eigenvalue weighted by Gasteiger charge is 2.30. The lowest BCUT2D eigenvalue weighted by Gasteiger charge is -2.30. The number of carbonyl (C=O) groups excluding carboxylic acids is 2. The van der Waals surface area contributed by atoms with Crippen molar-refractivity contribution in [2.24, 2.45) is 0 Å². The van der Waals surface area contributed by atoms with Gasteiger partial charge in [0.05, 0.1) is 23.9 Å². The maximum absolute atomic E-state index is 12.5. The number of aliphatic carboxylic acids is 2. The fourth-order valence-electron chi connectivity index (χ4n) is 10.2. The lowest BCUT2D eigenvalue weighted by atomic mass is 9.74. The predicted octanol–water partition coefficient (Wildman–Crippen LogP) is 15.5. The summed E-state index contributed by atoms with van der Waals surface area (Å²) in [6.45, 7) is 8.55. The van der Waals surface area contributed by atoms with Crippen molar-refractivity contribution >= 4 is 92.0 Å². The van der Waals surface area contributed by atoms with Crippen LogP contribution in [0.25, 0.3) is 21.8 Å². The normalized spacial score (nSPS) is 12.7. The quantitative estimate of drug-likeness (QED) is 0.0587. The molecule has 8 aromatic rings. The van der Waals surface area contributed by atoms with Crippen LogP contribution in [0.4, 0.5) is 0 Å². The summed E-state index contributed by atoms with van der Waals surface area (Å²) in [7, 11) is 0. The Hall–Kier alpha value is -6.82. The second-order valence-electron chi connectivity index (χ2n) is 18.9. The fourth-order valence-corrected chi connectivity index (χ4v) is 11.0. The molecule has 4 atom stereocenters. The molecular formula is C62H60Cl4N4O6. The van der Waals surface area contributed by atoms with E-state index in [-0.39, 0.29) is 61.4 Å². The number of aryl methyl sites for hydroxylation is 2. The topological polar surface area (TPSA) is 159 Å². The molecule has 6 aromatic carbocycles. The molecule has 2 amide bonds. The number of carboxylic acid groups (broad SMARTS) is 2. The Morgan fingerprint density at radius 2 is 0.816 bits per heavy atom. The number of aromatic nitrogens is 2. The number of benzene rings is 6. The average Bonchev–Trinajstić information content (AvgIpc) is 3.41. The molecule has 0 fully saturated rings. The molecule has 4 N–H and O–H groups in total. The van der Waals surface area contributed by atoms with Crippen molar-refractivity contribution in [3.05, 3.63) is 222 Å². The van der Waals surface area contributed by atoms with Crippen molar-refractivity contribution in [2.45, 2.75) is 89.9 Å². The zero-order chi connectivity index (χ0) is 54.5. The van der Waals surface area contributed by atoms with Gasteiger partial charge in [0.15, 0.2) is 0 Å². The van der Waals surface area contributed by atoms with E-state index in [1.807, 2.05) is 99.0 Å². The standard InChI is InChI=1S/2C31H30Cl2N2O3/c2*1-3-4-25(20-5-7-22(8-6-20)31(38)35-16-14-28(36)37)29(21-9-11-23(32)12-10-21)26-13-15-34-30-19(2)17-24(33)18-27(26)30/h2*5-13,15,17-18,25,29H,3-4,14,16H2,1-2H3,(H,35,38)(H,36,37)/t25-,29+;25-,29-/m11/s1. The molecule has 0 saturated heterocycles. The highest BCUT2D eigenvalue weighted by atomic mass is 35.5. The largest absolute Gasteiger partial charge is 0.481 e. The zero-order valence-corrected chi connectivity index (χ0v) is 45.8. The summed E-state index contributed by atoms with van der Waals surface area (Å²) in [4.78, 5) is 55.9. The SMILES string of the molecule is CCC[C@H](c1ccc(C(=O)NCCC(=O)O)cc1)[C@@H](c1ccc(Cl)cc1)c1ccnc2c(C)cc(Cl)cc12.CCC[C@H](c1ccc(C(=O)NCCC(=O)O)cc1)[C@H](c1ccc(Cl)cc1)c1ccnc2c(C)cc(Cl)cc12. The van der Waals surface area contributed by atoms with Crippen LogP contribution >= 0.6 is 46.4 Å². The van der Waals surface area contributed by atoms with Crippen molar-refractivity contribution in [1.29, 1.82) is 0 Å². The fraction of sp³-hybridized carbons (Fsp3) is 0.258. The summed E-state index contributed by atoms with van der Waals surface area (Å²) in [5.74, 6) is -2.27. The Kier molecular flexibility index (Phi) is 20.1. The van der Waals surface area contributed by atoms with Crippen LogP contribution in [0, 0.1) is 13.8 Å². The first-order valence-electron chi connectivity index (χ1n) is 25.4. The molecule has 0 aliphatic carbocycles. The summed E-state index contributed by atoms with van der Waals surface area (Å²) in [6, 6.07) is 43.1. The molecule has 10 nitrogen and oxygen atoms in total. The van der Waals surface area contributed by atoms with E-state index in [4.69, 9.17) is 56.6 Å². The van der Waals surface area contributed by atoms with Crippen molar-refractivity contribution in [2.75, 3.05) is 13.1 Å². The van der Waals surface area contributed by atoms with E-state index in [2.05, 4.69) is 70.8 Å². The van der Waals surface area contributed by atoms with E-state index >= 15 is 0 Å². The van der Waals surface area contributed by atoms with Gasteiger partial charge in [0.2, 0.25) is 0 Å². The van der Waals surface area contributed by atoms with Gasteiger partial charge in [0.25, 0.3) is 11.8 Å². The van der Waals surface area contributed by atoms with Crippen LogP contribution in [0.1, 0.15) is 141 Å². The van der Waals surface area contributed by atoms with Crippen LogP contribution in [0.15, 0.2) is 146 Å². The molecule has 76 heavy (non-hydrogen) atoms. The number of nitrogens with zero attached hydrogens (tertiary/aromatic N) is 2. The molecule has 0 radical (unpaired) electrons. The first kappa shape index (κ1) is 56.9. The number of carbonyl (C=O) groups is 4. The summed E-state index contributed by atoms with van der Waals surface area (Å²) >= 11 is 25.5. The number of rotatable bonds is 20. The summed E-state index contributed by atoms with van der Waals surface area (Å²) in [5, 5.41) is 27.7. The van der Waals surface area contributed by atoms with Crippen LogP contribution in [0.5, 0.6) is 0 Å². The lowest BCUT2D eigenvalue weighted by molar-refractivity contribution is -0.137. The highest BCUT2D eigenvalue weighted by molar-refractivity contribution is 6.32. The molecule has 2 aromatic heterocycles. The maximum Gasteiger partial charge on any atom is 0.305 e. The Morgan fingerprint density at radius 3 is 1.14 bits per heavy atom. The van der Waals surface area contributed by atoms with Gasteiger partial charge in [0.1, 0.15) is 0 Å². The molecule has 14 heteroatoms. The van der Waals surface area contributed by atoms with Crippen molar-refractivity contribution in [1.82, 2.24) is 20.6 Å². The first-order valence-corrected chi connectivity index (χ1v) is 26.9. The van der Waals surface area contributed by atoms with Gasteiger partial charge in [-0.05, 0) is 168 Å². The monoisotopic (exact) mass is 1100 g/mol. The smallest absolute Gasteiger partial charge is 0.305 e. The Morgan fingerprint density at radius 1 is 0.474 bits per heavy atom. The predicted molar refractivity (Wildman–Crippen MR) is 307 cm³/mol. The van der Waals surface area contributed by atoms with Gasteiger partial charge in [-0.15, -0.1) is 0 Å². The minimum Gasteiger partial charge on any atom is -0.481 e. The Bertz CT molecular complexity index is 3100. The van der Waals surface area contributed by atoms with Gasteiger partial charge in [-0.3, -0.25) is 29.1 Å². The lowest BCUT2D eigenvalue weighted by Crippen LogP contribution is -2.26. The third-order valence-electron chi connectivity index (χ3n) is 13.7. The van der Waals surface area contributed by atoms with Gasteiger partial charge in [-0.25, -0.2) is 0 Å². The summed E-state index contributed by atoms with van der Waals surface area (Å²) in [5.41, 5.74) is 11.6. The number of carboxylic acids is 2. The van der Waals surface area contributed by atoms with Crippen LogP contribution in [0.3, 0.4) is 0 Å². The second kappa shape index (κ2) is 26.8. The van der Waals surface area contributed by atoms with E-state index < -0.39 is 11.9 Å². The van der Waals surface area contributed by atoms with Gasteiger partial charge >= 0.3 is 11.9 Å². The third-order valence-corrected chi connectivity index (χ3v) is 14.6.